The highest BCUT2D eigenvalue weighted by atomic mass is 16.4. The van der Waals surface area contributed by atoms with Gasteiger partial charge in [0.2, 0.25) is 5.91 Å². The molecule has 0 unspecified atom stereocenters. The molecule has 0 aromatic heterocycles. The smallest absolute Gasteiger partial charge is 0.407 e. The van der Waals surface area contributed by atoms with E-state index in [1.165, 1.54) is 4.90 Å². The van der Waals surface area contributed by atoms with Crippen molar-refractivity contribution in [3.8, 4) is 0 Å². The first-order valence-electron chi connectivity index (χ1n) is 6.46. The average molecular weight is 240 g/mol. The van der Waals surface area contributed by atoms with Gasteiger partial charge in [0.15, 0.2) is 0 Å². The highest BCUT2D eigenvalue weighted by molar-refractivity contribution is 5.76. The molecule has 2 amide bonds. The number of nitrogens with zero attached hydrogens (tertiary/aromatic N) is 2. The van der Waals surface area contributed by atoms with Crippen LogP contribution in [0.5, 0.6) is 0 Å². The number of amides is 2. The minimum absolute atomic E-state index is 0.260. The summed E-state index contributed by atoms with van der Waals surface area (Å²) < 4.78 is 0. The molecule has 2 saturated heterocycles. The van der Waals surface area contributed by atoms with Crippen molar-refractivity contribution < 1.29 is 14.7 Å². The van der Waals surface area contributed by atoms with Crippen LogP contribution in [0.2, 0.25) is 0 Å². The van der Waals surface area contributed by atoms with Crippen molar-refractivity contribution in [1.29, 1.82) is 0 Å². The number of carbonyl (C=O) groups excluding carboxylic acids is 1. The third-order valence-corrected chi connectivity index (χ3v) is 3.79. The van der Waals surface area contributed by atoms with Gasteiger partial charge in [0.25, 0.3) is 0 Å². The van der Waals surface area contributed by atoms with Gasteiger partial charge in [0.05, 0.1) is 0 Å². The summed E-state index contributed by atoms with van der Waals surface area (Å²) >= 11 is 0. The number of carboxylic acid groups (broad SMARTS) is 1. The standard InChI is InChI=1S/C12H20N2O3/c15-11-4-2-1-3-7-14(11)10-5-8-13(9-6-10)12(16)17/h10H,1-9H2,(H,16,17). The molecule has 2 heterocycles. The highest BCUT2D eigenvalue weighted by Crippen LogP contribution is 2.21. The maximum Gasteiger partial charge on any atom is 0.407 e. The van der Waals surface area contributed by atoms with Crippen molar-refractivity contribution in [2.24, 2.45) is 0 Å². The Morgan fingerprint density at radius 1 is 1.12 bits per heavy atom. The Kier molecular flexibility index (Phi) is 3.86. The first-order valence-corrected chi connectivity index (χ1v) is 6.46. The Balaban J connectivity index is 1.90. The normalized spacial score (nSPS) is 23.6. The van der Waals surface area contributed by atoms with E-state index in [9.17, 15) is 9.59 Å². The van der Waals surface area contributed by atoms with Crippen LogP contribution >= 0.6 is 0 Å². The molecule has 0 aliphatic carbocycles. The molecule has 5 heteroatoms. The molecule has 0 aromatic rings. The number of rotatable bonds is 1. The highest BCUT2D eigenvalue weighted by Gasteiger charge is 2.29. The zero-order chi connectivity index (χ0) is 12.3. The molecular weight excluding hydrogens is 220 g/mol. The number of hydrogen-bond donors (Lipinski definition) is 1. The lowest BCUT2D eigenvalue weighted by atomic mass is 10.0. The minimum atomic E-state index is -0.842. The van der Waals surface area contributed by atoms with E-state index in [1.807, 2.05) is 4.90 Å². The van der Waals surface area contributed by atoms with E-state index >= 15 is 0 Å². The first-order chi connectivity index (χ1) is 8.18. The van der Waals surface area contributed by atoms with Gasteiger partial charge >= 0.3 is 6.09 Å². The summed E-state index contributed by atoms with van der Waals surface area (Å²) in [6.45, 7) is 1.98. The Bertz CT molecular complexity index is 298. The fourth-order valence-corrected chi connectivity index (χ4v) is 2.76. The summed E-state index contributed by atoms with van der Waals surface area (Å²) in [6, 6.07) is 0.260. The van der Waals surface area contributed by atoms with Crippen molar-refractivity contribution in [3.63, 3.8) is 0 Å². The SMILES string of the molecule is O=C(O)N1CCC(N2CCCCCC2=O)CC1. The topological polar surface area (TPSA) is 60.9 Å². The maximum atomic E-state index is 11.9. The van der Waals surface area contributed by atoms with Crippen LogP contribution in [0.3, 0.4) is 0 Å². The molecule has 2 fully saturated rings. The van der Waals surface area contributed by atoms with Crippen LogP contribution in [0.4, 0.5) is 4.79 Å². The molecule has 0 radical (unpaired) electrons. The summed E-state index contributed by atoms with van der Waals surface area (Å²) in [5, 5.41) is 8.88. The molecule has 0 atom stereocenters. The van der Waals surface area contributed by atoms with Gasteiger partial charge in [-0.15, -0.1) is 0 Å². The van der Waals surface area contributed by atoms with E-state index in [-0.39, 0.29) is 11.9 Å². The van der Waals surface area contributed by atoms with Crippen LogP contribution in [0.15, 0.2) is 0 Å². The molecule has 0 saturated carbocycles. The Morgan fingerprint density at radius 3 is 2.47 bits per heavy atom. The fraction of sp³-hybridized carbons (Fsp3) is 0.833. The lowest BCUT2D eigenvalue weighted by molar-refractivity contribution is -0.133. The third-order valence-electron chi connectivity index (χ3n) is 3.79. The second kappa shape index (κ2) is 5.38. The van der Waals surface area contributed by atoms with Gasteiger partial charge in [-0.1, -0.05) is 6.42 Å². The van der Waals surface area contributed by atoms with E-state index in [4.69, 9.17) is 5.11 Å². The van der Waals surface area contributed by atoms with Crippen molar-refractivity contribution in [3.05, 3.63) is 0 Å². The molecule has 5 nitrogen and oxygen atoms in total. The molecule has 2 rings (SSSR count). The first kappa shape index (κ1) is 12.2. The van der Waals surface area contributed by atoms with E-state index in [0.717, 1.165) is 38.6 Å². The molecule has 0 bridgehead atoms. The third kappa shape index (κ3) is 2.90. The Labute approximate surface area is 101 Å². The number of carbonyl (C=O) groups is 2. The molecule has 2 aliphatic rings. The zero-order valence-electron chi connectivity index (χ0n) is 10.1. The molecule has 0 aromatic carbocycles. The van der Waals surface area contributed by atoms with E-state index in [1.54, 1.807) is 0 Å². The quantitative estimate of drug-likeness (QED) is 0.756. The van der Waals surface area contributed by atoms with Crippen molar-refractivity contribution in [2.45, 2.75) is 44.6 Å². The molecule has 17 heavy (non-hydrogen) atoms. The van der Waals surface area contributed by atoms with Crippen molar-refractivity contribution in [1.82, 2.24) is 9.80 Å². The minimum Gasteiger partial charge on any atom is -0.465 e. The molecule has 96 valence electrons. The summed E-state index contributed by atoms with van der Waals surface area (Å²) in [7, 11) is 0. The van der Waals surface area contributed by atoms with Crippen LogP contribution in [-0.4, -0.2) is 52.6 Å². The second-order valence-electron chi connectivity index (χ2n) is 4.90. The molecule has 2 aliphatic heterocycles. The second-order valence-corrected chi connectivity index (χ2v) is 4.90. The summed E-state index contributed by atoms with van der Waals surface area (Å²) in [6.07, 6.45) is 4.63. The monoisotopic (exact) mass is 240 g/mol. The van der Waals surface area contributed by atoms with Crippen LogP contribution in [0.25, 0.3) is 0 Å². The zero-order valence-corrected chi connectivity index (χ0v) is 10.1. The fourth-order valence-electron chi connectivity index (χ4n) is 2.76. The van der Waals surface area contributed by atoms with Gasteiger partial charge in [0, 0.05) is 32.1 Å². The lowest BCUT2D eigenvalue weighted by Gasteiger charge is -2.37. The van der Waals surface area contributed by atoms with Gasteiger partial charge < -0.3 is 14.9 Å². The number of hydrogen-bond acceptors (Lipinski definition) is 2. The van der Waals surface area contributed by atoms with E-state index < -0.39 is 6.09 Å². The average Bonchev–Trinajstić information content (AvgIpc) is 2.54. The Hall–Kier alpha value is -1.26. The predicted molar refractivity (Wildman–Crippen MR) is 62.8 cm³/mol. The molecule has 1 N–H and O–H groups in total. The molecule has 0 spiro atoms. The maximum absolute atomic E-state index is 11.9. The van der Waals surface area contributed by atoms with Crippen LogP contribution < -0.4 is 0 Å². The number of likely N-dealkylation sites (tertiary alicyclic amines) is 2. The Morgan fingerprint density at radius 2 is 1.82 bits per heavy atom. The summed E-state index contributed by atoms with van der Waals surface area (Å²) in [5.41, 5.74) is 0. The van der Waals surface area contributed by atoms with Gasteiger partial charge in [-0.05, 0) is 25.7 Å². The van der Waals surface area contributed by atoms with Crippen molar-refractivity contribution >= 4 is 12.0 Å². The van der Waals surface area contributed by atoms with Gasteiger partial charge in [0.1, 0.15) is 0 Å². The van der Waals surface area contributed by atoms with E-state index in [2.05, 4.69) is 0 Å². The van der Waals surface area contributed by atoms with Gasteiger partial charge in [-0.2, -0.15) is 0 Å². The van der Waals surface area contributed by atoms with Crippen LogP contribution in [0, 0.1) is 0 Å². The molecular formula is C12H20N2O3. The lowest BCUT2D eigenvalue weighted by Crippen LogP contribution is -2.48. The van der Waals surface area contributed by atoms with Crippen molar-refractivity contribution in [2.75, 3.05) is 19.6 Å². The van der Waals surface area contributed by atoms with Crippen LogP contribution in [0.1, 0.15) is 38.5 Å². The van der Waals surface area contributed by atoms with Gasteiger partial charge in [-0.25, -0.2) is 4.79 Å². The predicted octanol–water partition coefficient (Wildman–Crippen LogP) is 1.53. The summed E-state index contributed by atoms with van der Waals surface area (Å²) in [5.74, 6) is 0.260. The summed E-state index contributed by atoms with van der Waals surface area (Å²) in [4.78, 5) is 26.2. The van der Waals surface area contributed by atoms with Gasteiger partial charge in [-0.3, -0.25) is 4.79 Å². The van der Waals surface area contributed by atoms with E-state index in [0.29, 0.717) is 19.5 Å². The number of piperidine rings is 1. The largest absolute Gasteiger partial charge is 0.465 e. The van der Waals surface area contributed by atoms with Crippen LogP contribution in [-0.2, 0) is 4.79 Å².